The van der Waals surface area contributed by atoms with E-state index in [9.17, 15) is 0 Å². The van der Waals surface area contributed by atoms with Gasteiger partial charge in [-0.2, -0.15) is 0 Å². The molecule has 0 spiro atoms. The normalized spacial score (nSPS) is 16.3. The van der Waals surface area contributed by atoms with Crippen LogP contribution in [0.15, 0.2) is 48.5 Å². The molecule has 0 amide bonds. The van der Waals surface area contributed by atoms with E-state index in [0.717, 1.165) is 19.3 Å². The van der Waals surface area contributed by atoms with Crippen LogP contribution in [0.5, 0.6) is 0 Å². The van der Waals surface area contributed by atoms with Crippen molar-refractivity contribution in [3.05, 3.63) is 70.8 Å². The maximum Gasteiger partial charge on any atom is 0.0619 e. The lowest BCUT2D eigenvalue weighted by molar-refractivity contribution is 0.541. The van der Waals surface area contributed by atoms with Crippen LogP contribution >= 0.6 is 11.6 Å². The summed E-state index contributed by atoms with van der Waals surface area (Å²) < 4.78 is 0. The van der Waals surface area contributed by atoms with Gasteiger partial charge in [0.05, 0.1) is 5.38 Å². The van der Waals surface area contributed by atoms with E-state index < -0.39 is 0 Å². The van der Waals surface area contributed by atoms with Gasteiger partial charge in [-0.1, -0.05) is 55.5 Å². The fraction of sp³-hybridized carbons (Fsp3) is 0.333. The zero-order chi connectivity index (χ0) is 13.2. The molecule has 0 aliphatic heterocycles. The largest absolute Gasteiger partial charge is 0.117 e. The van der Waals surface area contributed by atoms with Crippen molar-refractivity contribution in [2.45, 2.75) is 31.6 Å². The first-order chi connectivity index (χ1) is 9.28. The third-order valence-electron chi connectivity index (χ3n) is 4.20. The van der Waals surface area contributed by atoms with Gasteiger partial charge in [-0.25, -0.2) is 0 Å². The first-order valence-electron chi connectivity index (χ1n) is 7.07. The van der Waals surface area contributed by atoms with Crippen molar-refractivity contribution in [2.75, 3.05) is 0 Å². The standard InChI is InChI=1S/C18H19Cl/c1-2-13-7-9-14(10-8-13)18(19)17-11-15-5-3-4-6-16(15)12-17/h3-10,17-18H,2,11-12H2,1H3. The summed E-state index contributed by atoms with van der Waals surface area (Å²) in [6.07, 6.45) is 3.31. The van der Waals surface area contributed by atoms with Crippen LogP contribution in [0, 0.1) is 5.92 Å². The van der Waals surface area contributed by atoms with Gasteiger partial charge in [0.1, 0.15) is 0 Å². The topological polar surface area (TPSA) is 0 Å². The second-order valence-corrected chi connectivity index (χ2v) is 5.90. The van der Waals surface area contributed by atoms with Crippen LogP contribution < -0.4 is 0 Å². The molecule has 0 heterocycles. The zero-order valence-electron chi connectivity index (χ0n) is 11.3. The number of benzene rings is 2. The van der Waals surface area contributed by atoms with Crippen molar-refractivity contribution in [2.24, 2.45) is 5.92 Å². The molecule has 98 valence electrons. The van der Waals surface area contributed by atoms with Crippen molar-refractivity contribution >= 4 is 11.6 Å². The predicted molar refractivity (Wildman–Crippen MR) is 81.8 cm³/mol. The smallest absolute Gasteiger partial charge is 0.0619 e. The Morgan fingerprint density at radius 1 is 1.00 bits per heavy atom. The minimum absolute atomic E-state index is 0.123. The van der Waals surface area contributed by atoms with Crippen LogP contribution in [-0.2, 0) is 19.3 Å². The zero-order valence-corrected chi connectivity index (χ0v) is 12.0. The Balaban J connectivity index is 1.77. The summed E-state index contributed by atoms with van der Waals surface area (Å²) in [6, 6.07) is 17.5. The summed E-state index contributed by atoms with van der Waals surface area (Å²) in [7, 11) is 0. The fourth-order valence-corrected chi connectivity index (χ4v) is 3.33. The summed E-state index contributed by atoms with van der Waals surface area (Å²) in [6.45, 7) is 2.18. The molecule has 2 aromatic rings. The summed E-state index contributed by atoms with van der Waals surface area (Å²) in [5.41, 5.74) is 5.59. The molecule has 0 aromatic heterocycles. The molecule has 1 aliphatic carbocycles. The van der Waals surface area contributed by atoms with Crippen LogP contribution in [0.1, 0.15) is 34.6 Å². The van der Waals surface area contributed by atoms with Crippen molar-refractivity contribution in [3.63, 3.8) is 0 Å². The van der Waals surface area contributed by atoms with Gasteiger partial charge >= 0.3 is 0 Å². The molecule has 0 N–H and O–H groups in total. The van der Waals surface area contributed by atoms with E-state index in [-0.39, 0.29) is 5.38 Å². The first kappa shape index (κ1) is 12.7. The Bertz CT molecular complexity index is 531. The SMILES string of the molecule is CCc1ccc(C(Cl)C2Cc3ccccc3C2)cc1. The Morgan fingerprint density at radius 3 is 2.11 bits per heavy atom. The molecule has 1 atom stereocenters. The first-order valence-corrected chi connectivity index (χ1v) is 7.51. The van der Waals surface area contributed by atoms with Gasteiger partial charge in [0.15, 0.2) is 0 Å². The maximum absolute atomic E-state index is 6.70. The van der Waals surface area contributed by atoms with Crippen molar-refractivity contribution in [1.82, 2.24) is 0 Å². The lowest BCUT2D eigenvalue weighted by Gasteiger charge is -2.17. The highest BCUT2D eigenvalue weighted by Gasteiger charge is 2.28. The van der Waals surface area contributed by atoms with Crippen molar-refractivity contribution in [3.8, 4) is 0 Å². The molecule has 19 heavy (non-hydrogen) atoms. The minimum atomic E-state index is 0.123. The van der Waals surface area contributed by atoms with Gasteiger partial charge in [0.25, 0.3) is 0 Å². The van der Waals surface area contributed by atoms with Crippen LogP contribution in [0.4, 0.5) is 0 Å². The van der Waals surface area contributed by atoms with E-state index in [1.54, 1.807) is 0 Å². The summed E-state index contributed by atoms with van der Waals surface area (Å²) in [4.78, 5) is 0. The average molecular weight is 271 g/mol. The van der Waals surface area contributed by atoms with Gasteiger partial charge in [-0.3, -0.25) is 0 Å². The second kappa shape index (κ2) is 5.38. The number of hydrogen-bond donors (Lipinski definition) is 0. The number of alkyl halides is 1. The molecule has 0 saturated heterocycles. The van der Waals surface area contributed by atoms with Crippen LogP contribution in [-0.4, -0.2) is 0 Å². The maximum atomic E-state index is 6.70. The molecule has 2 aromatic carbocycles. The predicted octanol–water partition coefficient (Wildman–Crippen LogP) is 4.94. The molecule has 3 rings (SSSR count). The molecule has 0 nitrogen and oxygen atoms in total. The Hall–Kier alpha value is -1.27. The average Bonchev–Trinajstić information content (AvgIpc) is 2.90. The van der Waals surface area contributed by atoms with Gasteiger partial charge in [-0.05, 0) is 47.4 Å². The van der Waals surface area contributed by atoms with Crippen molar-refractivity contribution in [1.29, 1.82) is 0 Å². The Morgan fingerprint density at radius 2 is 1.58 bits per heavy atom. The summed E-state index contributed by atoms with van der Waals surface area (Å²) >= 11 is 6.70. The highest BCUT2D eigenvalue weighted by molar-refractivity contribution is 6.21. The fourth-order valence-electron chi connectivity index (χ4n) is 3.01. The molecule has 1 aliphatic rings. The minimum Gasteiger partial charge on any atom is -0.117 e. The van der Waals surface area contributed by atoms with Crippen LogP contribution in [0.2, 0.25) is 0 Å². The highest BCUT2D eigenvalue weighted by Crippen LogP contribution is 2.39. The van der Waals surface area contributed by atoms with Gasteiger partial charge < -0.3 is 0 Å². The van der Waals surface area contributed by atoms with Gasteiger partial charge in [-0.15, -0.1) is 11.6 Å². The van der Waals surface area contributed by atoms with Gasteiger partial charge in [0, 0.05) is 0 Å². The number of hydrogen-bond acceptors (Lipinski definition) is 0. The molecule has 1 heteroatoms. The molecule has 0 radical (unpaired) electrons. The van der Waals surface area contributed by atoms with E-state index in [0.29, 0.717) is 5.92 Å². The Labute approximate surface area is 120 Å². The van der Waals surface area contributed by atoms with E-state index in [4.69, 9.17) is 11.6 Å². The molecule has 1 unspecified atom stereocenters. The number of rotatable bonds is 3. The lowest BCUT2D eigenvalue weighted by Crippen LogP contribution is -2.08. The second-order valence-electron chi connectivity index (χ2n) is 5.43. The summed E-state index contributed by atoms with van der Waals surface area (Å²) in [5, 5.41) is 0.123. The number of fused-ring (bicyclic) bond motifs is 1. The van der Waals surface area contributed by atoms with Crippen molar-refractivity contribution < 1.29 is 0 Å². The number of halogens is 1. The monoisotopic (exact) mass is 270 g/mol. The lowest BCUT2D eigenvalue weighted by atomic mass is 9.95. The molecular weight excluding hydrogens is 252 g/mol. The number of aryl methyl sites for hydroxylation is 1. The quantitative estimate of drug-likeness (QED) is 0.693. The molecule has 0 fully saturated rings. The Kier molecular flexibility index (Phi) is 3.61. The molecule has 0 bridgehead atoms. The molecular formula is C18H19Cl. The van der Waals surface area contributed by atoms with E-state index in [1.807, 2.05) is 0 Å². The third kappa shape index (κ3) is 2.55. The summed E-state index contributed by atoms with van der Waals surface area (Å²) in [5.74, 6) is 0.534. The third-order valence-corrected chi connectivity index (χ3v) is 4.81. The van der Waals surface area contributed by atoms with Crippen LogP contribution in [0.25, 0.3) is 0 Å². The molecule has 0 saturated carbocycles. The van der Waals surface area contributed by atoms with E-state index in [1.165, 1.54) is 22.3 Å². The van der Waals surface area contributed by atoms with Gasteiger partial charge in [0.2, 0.25) is 0 Å². The highest BCUT2D eigenvalue weighted by atomic mass is 35.5. The van der Waals surface area contributed by atoms with E-state index in [2.05, 4.69) is 55.5 Å². The van der Waals surface area contributed by atoms with E-state index >= 15 is 0 Å². The van der Waals surface area contributed by atoms with Crippen LogP contribution in [0.3, 0.4) is 0 Å².